The van der Waals surface area contributed by atoms with Crippen molar-refractivity contribution >= 4 is 6.03 Å². The molecule has 0 radical (unpaired) electrons. The highest BCUT2D eigenvalue weighted by Gasteiger charge is 2.33. The zero-order valence-electron chi connectivity index (χ0n) is 24.8. The number of carbonyl (C=O) groups is 1. The number of rotatable bonds is 9. The summed E-state index contributed by atoms with van der Waals surface area (Å²) in [6.07, 6.45) is 6.74. The lowest BCUT2D eigenvalue weighted by Gasteiger charge is -2.39. The first-order valence-electron chi connectivity index (χ1n) is 15.5. The Kier molecular flexibility index (Phi) is 11.0. The third kappa shape index (κ3) is 8.42. The fourth-order valence-electron chi connectivity index (χ4n) is 5.95. The molecule has 2 amide bonds. The number of ether oxygens (including phenoxy) is 2. The van der Waals surface area contributed by atoms with Crippen LogP contribution in [-0.2, 0) is 22.6 Å². The van der Waals surface area contributed by atoms with Crippen LogP contribution in [0.1, 0.15) is 80.1 Å². The van der Waals surface area contributed by atoms with E-state index in [1.165, 1.54) is 32.1 Å². The number of nitrogens with one attached hydrogen (secondary N) is 2. The Hall–Kier alpha value is -3.23. The van der Waals surface area contributed by atoms with Crippen molar-refractivity contribution in [2.45, 2.75) is 77.1 Å². The average Bonchev–Trinajstić information content (AvgIpc) is 3.01. The summed E-state index contributed by atoms with van der Waals surface area (Å²) in [5.41, 5.74) is 6.20. The van der Waals surface area contributed by atoms with E-state index < -0.39 is 6.29 Å². The maximum absolute atomic E-state index is 11.9. The molecule has 5 rings (SSSR count). The second-order valence-electron chi connectivity index (χ2n) is 11.5. The largest absolute Gasteiger partial charge is 0.392 e. The number of benzene rings is 3. The molecule has 3 unspecified atom stereocenters. The van der Waals surface area contributed by atoms with Crippen LogP contribution in [0, 0.1) is 0 Å². The minimum atomic E-state index is -0.483. The van der Waals surface area contributed by atoms with Crippen LogP contribution >= 0.6 is 0 Å². The van der Waals surface area contributed by atoms with Gasteiger partial charge in [-0.3, -0.25) is 0 Å². The van der Waals surface area contributed by atoms with Crippen molar-refractivity contribution in [3.8, 4) is 11.1 Å². The summed E-state index contributed by atoms with van der Waals surface area (Å²) in [5.74, 6) is 0. The lowest BCUT2D eigenvalue weighted by Crippen LogP contribution is -2.40. The summed E-state index contributed by atoms with van der Waals surface area (Å²) in [6.45, 7) is 6.15. The Morgan fingerprint density at radius 1 is 0.833 bits per heavy atom. The molecule has 224 valence electrons. The Labute approximate surface area is 250 Å². The molecule has 2 aliphatic heterocycles. The van der Waals surface area contributed by atoms with Crippen LogP contribution in [0.4, 0.5) is 4.79 Å². The molecule has 0 saturated carbocycles. The highest BCUT2D eigenvalue weighted by Crippen LogP contribution is 2.39. The molecule has 2 aliphatic rings. The van der Waals surface area contributed by atoms with Crippen LogP contribution in [0.3, 0.4) is 0 Å². The summed E-state index contributed by atoms with van der Waals surface area (Å²) in [4.78, 5) is 14.5. The summed E-state index contributed by atoms with van der Waals surface area (Å²) in [7, 11) is 0. The molecule has 3 aromatic rings. The fraction of sp³-hybridized carbons (Fsp3) is 0.457. The zero-order valence-corrected chi connectivity index (χ0v) is 24.8. The number of amides is 2. The van der Waals surface area contributed by atoms with E-state index in [0.717, 1.165) is 59.4 Å². The number of urea groups is 1. The lowest BCUT2D eigenvalue weighted by molar-refractivity contribution is -0.253. The topological polar surface area (TPSA) is 83.1 Å². The molecule has 0 spiro atoms. The molecule has 3 N–H and O–H groups in total. The lowest BCUT2D eigenvalue weighted by atomic mass is 9.98. The molecular formula is C35H45N3O4. The molecule has 0 bridgehead atoms. The third-order valence-corrected chi connectivity index (χ3v) is 8.23. The van der Waals surface area contributed by atoms with Gasteiger partial charge in [-0.1, -0.05) is 79.9 Å². The maximum Gasteiger partial charge on any atom is 0.315 e. The zero-order chi connectivity index (χ0) is 29.1. The number of aliphatic hydroxyl groups is 1. The fourth-order valence-corrected chi connectivity index (χ4v) is 5.95. The molecule has 7 nitrogen and oxygen atoms in total. The Balaban J connectivity index is 1.35. The SMILES string of the molecule is CCNC(=O)NCc1cccc(-c2cccc(C3OC(CN4CCCCCCC4)CC(c4ccc(CO)cc4)O3)c2)c1. The standard InChI is InChI=1S/C35H45N3O4/c1-2-36-35(40)37-23-27-10-8-11-29(20-27)30-12-9-13-31(21-30)34-41-32(24-38-18-6-4-3-5-7-19-38)22-33(42-34)28-16-14-26(25-39)15-17-28/h8-17,20-21,32-34,39H,2-7,18-19,22-25H2,1H3,(H2,36,37,40). The van der Waals surface area contributed by atoms with Gasteiger partial charge in [-0.15, -0.1) is 0 Å². The number of hydrogen-bond acceptors (Lipinski definition) is 5. The molecule has 2 saturated heterocycles. The summed E-state index contributed by atoms with van der Waals surface area (Å²) >= 11 is 0. The number of hydrogen-bond donors (Lipinski definition) is 3. The molecular weight excluding hydrogens is 526 g/mol. The summed E-state index contributed by atoms with van der Waals surface area (Å²) in [6, 6.07) is 24.6. The number of aliphatic hydroxyl groups excluding tert-OH is 1. The second-order valence-corrected chi connectivity index (χ2v) is 11.5. The average molecular weight is 572 g/mol. The van der Waals surface area contributed by atoms with Crippen molar-refractivity contribution in [2.75, 3.05) is 26.2 Å². The number of likely N-dealkylation sites (tertiary alicyclic amines) is 1. The van der Waals surface area contributed by atoms with Gasteiger partial charge in [0.1, 0.15) is 0 Å². The second kappa shape index (κ2) is 15.3. The van der Waals surface area contributed by atoms with Gasteiger partial charge < -0.3 is 30.1 Å². The predicted molar refractivity (Wildman–Crippen MR) is 166 cm³/mol. The Bertz CT molecular complexity index is 1270. The van der Waals surface area contributed by atoms with Gasteiger partial charge in [0.05, 0.1) is 18.8 Å². The van der Waals surface area contributed by atoms with Crippen LogP contribution < -0.4 is 10.6 Å². The maximum atomic E-state index is 11.9. The highest BCUT2D eigenvalue weighted by molar-refractivity contribution is 5.74. The smallest absolute Gasteiger partial charge is 0.315 e. The van der Waals surface area contributed by atoms with E-state index >= 15 is 0 Å². The first-order chi connectivity index (χ1) is 20.6. The molecule has 7 heteroatoms. The van der Waals surface area contributed by atoms with E-state index in [4.69, 9.17) is 9.47 Å². The van der Waals surface area contributed by atoms with E-state index in [-0.39, 0.29) is 24.8 Å². The Morgan fingerprint density at radius 3 is 2.29 bits per heavy atom. The van der Waals surface area contributed by atoms with Crippen molar-refractivity contribution in [3.63, 3.8) is 0 Å². The van der Waals surface area contributed by atoms with E-state index in [9.17, 15) is 9.90 Å². The minimum Gasteiger partial charge on any atom is -0.392 e. The highest BCUT2D eigenvalue weighted by atomic mass is 16.7. The van der Waals surface area contributed by atoms with Crippen molar-refractivity contribution in [3.05, 3.63) is 95.1 Å². The minimum absolute atomic E-state index is 0.0329. The van der Waals surface area contributed by atoms with Gasteiger partial charge in [0.25, 0.3) is 0 Å². The van der Waals surface area contributed by atoms with Crippen molar-refractivity contribution in [1.29, 1.82) is 0 Å². The predicted octanol–water partition coefficient (Wildman–Crippen LogP) is 6.48. The quantitative estimate of drug-likeness (QED) is 0.274. The van der Waals surface area contributed by atoms with E-state index in [2.05, 4.69) is 64.1 Å². The van der Waals surface area contributed by atoms with Crippen molar-refractivity contribution in [1.82, 2.24) is 15.5 Å². The van der Waals surface area contributed by atoms with E-state index in [1.54, 1.807) is 0 Å². The van der Waals surface area contributed by atoms with Gasteiger partial charge in [-0.2, -0.15) is 0 Å². The first-order valence-corrected chi connectivity index (χ1v) is 15.5. The molecule has 42 heavy (non-hydrogen) atoms. The molecule has 2 fully saturated rings. The van der Waals surface area contributed by atoms with Crippen molar-refractivity contribution < 1.29 is 19.4 Å². The molecule has 3 aromatic carbocycles. The van der Waals surface area contributed by atoms with Gasteiger partial charge in [0.2, 0.25) is 0 Å². The van der Waals surface area contributed by atoms with Crippen LogP contribution in [0.2, 0.25) is 0 Å². The van der Waals surface area contributed by atoms with Crippen LogP contribution in [-0.4, -0.2) is 48.3 Å². The third-order valence-electron chi connectivity index (χ3n) is 8.23. The van der Waals surface area contributed by atoms with Crippen LogP contribution in [0.5, 0.6) is 0 Å². The van der Waals surface area contributed by atoms with Gasteiger partial charge in [-0.05, 0) is 72.8 Å². The molecule has 3 atom stereocenters. The van der Waals surface area contributed by atoms with Crippen molar-refractivity contribution in [2.24, 2.45) is 0 Å². The monoisotopic (exact) mass is 571 g/mol. The van der Waals surface area contributed by atoms with Gasteiger partial charge in [0, 0.05) is 31.6 Å². The van der Waals surface area contributed by atoms with Gasteiger partial charge in [0.15, 0.2) is 6.29 Å². The van der Waals surface area contributed by atoms with Gasteiger partial charge >= 0.3 is 6.03 Å². The summed E-state index contributed by atoms with van der Waals surface area (Å²) in [5, 5.41) is 15.2. The number of nitrogens with zero attached hydrogens (tertiary/aromatic N) is 1. The van der Waals surface area contributed by atoms with E-state index in [0.29, 0.717) is 13.1 Å². The summed E-state index contributed by atoms with van der Waals surface area (Å²) < 4.78 is 13.3. The molecule has 2 heterocycles. The molecule has 0 aliphatic carbocycles. The van der Waals surface area contributed by atoms with Crippen LogP contribution in [0.15, 0.2) is 72.8 Å². The van der Waals surface area contributed by atoms with Crippen LogP contribution in [0.25, 0.3) is 11.1 Å². The van der Waals surface area contributed by atoms with Gasteiger partial charge in [-0.25, -0.2) is 4.79 Å². The number of carbonyl (C=O) groups excluding carboxylic acids is 1. The first kappa shape index (κ1) is 30.2. The normalized spacial score (nSPS) is 21.7. The Morgan fingerprint density at radius 2 is 1.55 bits per heavy atom. The van der Waals surface area contributed by atoms with E-state index in [1.807, 2.05) is 31.2 Å². The molecule has 0 aromatic heterocycles.